The Kier molecular flexibility index (Phi) is 4.35. The number of hydrogen-bond donors (Lipinski definition) is 0. The molecular formula is C17H25N3O3. The molecule has 2 unspecified atom stereocenters. The van der Waals surface area contributed by atoms with Gasteiger partial charge in [0.25, 0.3) is 0 Å². The lowest BCUT2D eigenvalue weighted by atomic mass is 9.94. The largest absolute Gasteiger partial charge is 0.378 e. The fourth-order valence-electron chi connectivity index (χ4n) is 3.51. The minimum Gasteiger partial charge on any atom is -0.378 e. The average molecular weight is 319 g/mol. The summed E-state index contributed by atoms with van der Waals surface area (Å²) >= 11 is 0. The number of carbonyl (C=O) groups is 1. The number of aromatic nitrogens is 2. The van der Waals surface area contributed by atoms with Crippen molar-refractivity contribution in [2.45, 2.75) is 38.3 Å². The summed E-state index contributed by atoms with van der Waals surface area (Å²) < 4.78 is 13.6. The molecule has 0 spiro atoms. The van der Waals surface area contributed by atoms with Gasteiger partial charge in [-0.2, -0.15) is 0 Å². The monoisotopic (exact) mass is 319 g/mol. The molecule has 1 aliphatic carbocycles. The highest BCUT2D eigenvalue weighted by molar-refractivity contribution is 5.79. The fraction of sp³-hybridized carbons (Fsp3) is 0.765. The molecule has 6 nitrogen and oxygen atoms in total. The fourth-order valence-corrected chi connectivity index (χ4v) is 3.51. The van der Waals surface area contributed by atoms with Crippen molar-refractivity contribution in [3.05, 3.63) is 18.2 Å². The van der Waals surface area contributed by atoms with E-state index in [1.165, 1.54) is 18.5 Å². The molecule has 3 aliphatic rings. The van der Waals surface area contributed by atoms with Gasteiger partial charge in [0.1, 0.15) is 0 Å². The molecule has 126 valence electrons. The van der Waals surface area contributed by atoms with Crippen LogP contribution in [0.15, 0.2) is 12.5 Å². The molecule has 23 heavy (non-hydrogen) atoms. The van der Waals surface area contributed by atoms with Crippen molar-refractivity contribution in [1.82, 2.24) is 14.5 Å². The number of imidazole rings is 1. The molecule has 1 saturated heterocycles. The molecule has 1 aromatic rings. The highest BCUT2D eigenvalue weighted by Gasteiger charge is 2.32. The van der Waals surface area contributed by atoms with Gasteiger partial charge in [0.05, 0.1) is 25.6 Å². The smallest absolute Gasteiger partial charge is 0.226 e. The summed E-state index contributed by atoms with van der Waals surface area (Å²) in [5, 5.41) is 0. The lowest BCUT2D eigenvalue weighted by molar-refractivity contribution is -0.146. The van der Waals surface area contributed by atoms with Gasteiger partial charge in [0.2, 0.25) is 5.91 Å². The highest BCUT2D eigenvalue weighted by Crippen LogP contribution is 2.29. The van der Waals surface area contributed by atoms with E-state index in [1.54, 1.807) is 0 Å². The second-order valence-electron chi connectivity index (χ2n) is 7.03. The van der Waals surface area contributed by atoms with E-state index < -0.39 is 0 Å². The first kappa shape index (κ1) is 15.1. The van der Waals surface area contributed by atoms with Crippen LogP contribution in [0.1, 0.15) is 25.0 Å². The molecule has 0 N–H and O–H groups in total. The Morgan fingerprint density at radius 2 is 2.22 bits per heavy atom. The maximum absolute atomic E-state index is 12.8. The van der Waals surface area contributed by atoms with Gasteiger partial charge in [-0.05, 0) is 25.2 Å². The molecule has 1 saturated carbocycles. The zero-order valence-electron chi connectivity index (χ0n) is 13.5. The topological polar surface area (TPSA) is 56.6 Å². The van der Waals surface area contributed by atoms with E-state index in [2.05, 4.69) is 9.55 Å². The SMILES string of the molecule is O=C(C1CCn2cncc2C1)N1CCOC(COCC2CC2)C1. The van der Waals surface area contributed by atoms with Gasteiger partial charge in [0.15, 0.2) is 0 Å². The van der Waals surface area contributed by atoms with Crippen LogP contribution < -0.4 is 0 Å². The van der Waals surface area contributed by atoms with Gasteiger partial charge in [-0.3, -0.25) is 4.79 Å². The molecule has 1 aromatic heterocycles. The van der Waals surface area contributed by atoms with Crippen molar-refractivity contribution in [3.63, 3.8) is 0 Å². The maximum Gasteiger partial charge on any atom is 0.226 e. The molecule has 0 radical (unpaired) electrons. The molecule has 2 aliphatic heterocycles. The Bertz CT molecular complexity index is 555. The van der Waals surface area contributed by atoms with E-state index in [4.69, 9.17) is 9.47 Å². The lowest BCUT2D eigenvalue weighted by Gasteiger charge is -2.36. The Balaban J connectivity index is 1.29. The van der Waals surface area contributed by atoms with Crippen molar-refractivity contribution in [3.8, 4) is 0 Å². The van der Waals surface area contributed by atoms with Crippen LogP contribution >= 0.6 is 0 Å². The van der Waals surface area contributed by atoms with Crippen molar-refractivity contribution in [2.24, 2.45) is 11.8 Å². The van der Waals surface area contributed by atoms with E-state index in [0.717, 1.165) is 31.9 Å². The van der Waals surface area contributed by atoms with E-state index in [0.29, 0.717) is 26.3 Å². The summed E-state index contributed by atoms with van der Waals surface area (Å²) in [7, 11) is 0. The van der Waals surface area contributed by atoms with Gasteiger partial charge in [0, 0.05) is 50.5 Å². The molecule has 0 bridgehead atoms. The summed E-state index contributed by atoms with van der Waals surface area (Å²) in [6, 6.07) is 0. The second-order valence-corrected chi connectivity index (χ2v) is 7.03. The second kappa shape index (κ2) is 6.61. The van der Waals surface area contributed by atoms with Crippen LogP contribution in [0.5, 0.6) is 0 Å². The average Bonchev–Trinajstić information content (AvgIpc) is 3.28. The number of morpholine rings is 1. The Labute approximate surface area is 136 Å². The summed E-state index contributed by atoms with van der Waals surface area (Å²) in [6.45, 7) is 4.34. The molecule has 2 atom stereocenters. The number of hydrogen-bond acceptors (Lipinski definition) is 4. The summed E-state index contributed by atoms with van der Waals surface area (Å²) in [5.41, 5.74) is 1.17. The number of rotatable bonds is 5. The van der Waals surface area contributed by atoms with Crippen molar-refractivity contribution < 1.29 is 14.3 Å². The van der Waals surface area contributed by atoms with E-state index >= 15 is 0 Å². The van der Waals surface area contributed by atoms with Crippen LogP contribution in [0, 0.1) is 11.8 Å². The van der Waals surface area contributed by atoms with Crippen LogP contribution in [0.4, 0.5) is 0 Å². The van der Waals surface area contributed by atoms with E-state index in [-0.39, 0.29) is 17.9 Å². The first-order valence-corrected chi connectivity index (χ1v) is 8.76. The summed E-state index contributed by atoms with van der Waals surface area (Å²) in [6.07, 6.45) is 8.08. The molecule has 4 rings (SSSR count). The molecular weight excluding hydrogens is 294 g/mol. The number of nitrogens with zero attached hydrogens (tertiary/aromatic N) is 3. The molecule has 3 heterocycles. The predicted molar refractivity (Wildman–Crippen MR) is 83.9 cm³/mol. The summed E-state index contributed by atoms with van der Waals surface area (Å²) in [5.74, 6) is 1.13. The highest BCUT2D eigenvalue weighted by atomic mass is 16.5. The zero-order chi connectivity index (χ0) is 15.6. The lowest BCUT2D eigenvalue weighted by Crippen LogP contribution is -2.50. The van der Waals surface area contributed by atoms with Crippen LogP contribution in [-0.4, -0.2) is 59.4 Å². The zero-order valence-corrected chi connectivity index (χ0v) is 13.5. The van der Waals surface area contributed by atoms with Crippen LogP contribution in [-0.2, 0) is 27.2 Å². The number of amides is 1. The van der Waals surface area contributed by atoms with Gasteiger partial charge in [-0.15, -0.1) is 0 Å². The normalized spacial score (nSPS) is 27.7. The Morgan fingerprint density at radius 1 is 1.30 bits per heavy atom. The van der Waals surface area contributed by atoms with Crippen LogP contribution in [0.25, 0.3) is 0 Å². The van der Waals surface area contributed by atoms with Gasteiger partial charge >= 0.3 is 0 Å². The van der Waals surface area contributed by atoms with Crippen molar-refractivity contribution >= 4 is 5.91 Å². The summed E-state index contributed by atoms with van der Waals surface area (Å²) in [4.78, 5) is 19.0. The number of fused-ring (bicyclic) bond motifs is 1. The van der Waals surface area contributed by atoms with Crippen LogP contribution in [0.3, 0.4) is 0 Å². The minimum atomic E-state index is 0.0283. The van der Waals surface area contributed by atoms with Gasteiger partial charge in [-0.1, -0.05) is 0 Å². The standard InChI is InChI=1S/C17H25N3O3/c21-17(14-3-4-20-12-18-8-15(20)7-14)19-5-6-23-16(9-19)11-22-10-13-1-2-13/h8,12-14,16H,1-7,9-11H2. The number of carbonyl (C=O) groups excluding carboxylic acids is 1. The minimum absolute atomic E-state index is 0.0283. The van der Waals surface area contributed by atoms with Crippen molar-refractivity contribution in [2.75, 3.05) is 32.9 Å². The van der Waals surface area contributed by atoms with E-state index in [1.807, 2.05) is 17.4 Å². The third kappa shape index (κ3) is 3.58. The third-order valence-electron chi connectivity index (χ3n) is 5.13. The van der Waals surface area contributed by atoms with E-state index in [9.17, 15) is 4.79 Å². The van der Waals surface area contributed by atoms with Gasteiger partial charge in [-0.25, -0.2) is 4.98 Å². The first-order chi connectivity index (χ1) is 11.3. The van der Waals surface area contributed by atoms with Crippen molar-refractivity contribution in [1.29, 1.82) is 0 Å². The number of aryl methyl sites for hydroxylation is 1. The Morgan fingerprint density at radius 3 is 3.09 bits per heavy atom. The number of ether oxygens (including phenoxy) is 2. The van der Waals surface area contributed by atoms with Crippen LogP contribution in [0.2, 0.25) is 0 Å². The Hall–Kier alpha value is -1.40. The third-order valence-corrected chi connectivity index (χ3v) is 5.13. The first-order valence-electron chi connectivity index (χ1n) is 8.76. The van der Waals surface area contributed by atoms with Gasteiger partial charge < -0.3 is 18.9 Å². The maximum atomic E-state index is 12.8. The molecule has 6 heteroatoms. The molecule has 0 aromatic carbocycles. The quantitative estimate of drug-likeness (QED) is 0.815. The molecule has 2 fully saturated rings. The predicted octanol–water partition coefficient (Wildman–Crippen LogP) is 1.10. The molecule has 1 amide bonds.